The number of ether oxygens (including phenoxy) is 1. The number of thiazole rings is 1. The molecule has 6 nitrogen and oxygen atoms in total. The second-order valence-electron chi connectivity index (χ2n) is 8.58. The molecular weight excluding hydrogens is 410 g/mol. The minimum atomic E-state index is -0.523. The van der Waals surface area contributed by atoms with Crippen LogP contribution in [0.2, 0.25) is 5.02 Å². The summed E-state index contributed by atoms with van der Waals surface area (Å²) in [5, 5.41) is 4.25. The third-order valence-corrected chi connectivity index (χ3v) is 6.43. The predicted molar refractivity (Wildman–Crippen MR) is 113 cm³/mol. The highest BCUT2D eigenvalue weighted by atomic mass is 35.5. The Bertz CT molecular complexity index is 945. The van der Waals surface area contributed by atoms with Gasteiger partial charge in [-0.25, -0.2) is 9.78 Å². The zero-order valence-corrected chi connectivity index (χ0v) is 18.3. The van der Waals surface area contributed by atoms with Gasteiger partial charge in [-0.2, -0.15) is 0 Å². The second kappa shape index (κ2) is 7.29. The van der Waals surface area contributed by atoms with E-state index in [1.807, 2.05) is 45.0 Å². The molecular formula is C21H24ClN3O3S. The van der Waals surface area contributed by atoms with Gasteiger partial charge < -0.3 is 15.0 Å². The molecule has 1 saturated carbocycles. The van der Waals surface area contributed by atoms with Crippen molar-refractivity contribution in [3.63, 3.8) is 0 Å². The van der Waals surface area contributed by atoms with E-state index in [0.717, 1.165) is 29.0 Å². The summed E-state index contributed by atoms with van der Waals surface area (Å²) in [5.41, 5.74) is 0.919. The zero-order chi connectivity index (χ0) is 20.8. The number of halogens is 1. The number of fused-ring (bicyclic) bond motifs is 1. The summed E-state index contributed by atoms with van der Waals surface area (Å²) in [6, 6.07) is 7.47. The molecule has 29 heavy (non-hydrogen) atoms. The number of carbonyl (C=O) groups is 2. The largest absolute Gasteiger partial charge is 0.444 e. The monoisotopic (exact) mass is 433 g/mol. The van der Waals surface area contributed by atoms with E-state index in [4.69, 9.17) is 16.3 Å². The summed E-state index contributed by atoms with van der Waals surface area (Å²) in [4.78, 5) is 32.6. The first kappa shape index (κ1) is 20.2. The van der Waals surface area contributed by atoms with Crippen molar-refractivity contribution in [2.75, 3.05) is 11.9 Å². The maximum atomic E-state index is 13.0. The first-order valence-corrected chi connectivity index (χ1v) is 10.9. The molecule has 2 aromatic rings. The number of nitrogens with one attached hydrogen (secondary N) is 1. The Labute approximate surface area is 179 Å². The fourth-order valence-corrected chi connectivity index (χ4v) is 4.63. The van der Waals surface area contributed by atoms with E-state index >= 15 is 0 Å². The van der Waals surface area contributed by atoms with E-state index in [0.29, 0.717) is 29.7 Å². The Balaban J connectivity index is 1.44. The molecule has 1 fully saturated rings. The Kier molecular flexibility index (Phi) is 5.07. The predicted octanol–water partition coefficient (Wildman–Crippen LogP) is 4.76. The highest BCUT2D eigenvalue weighted by Crippen LogP contribution is 2.49. The van der Waals surface area contributed by atoms with Gasteiger partial charge in [-0.3, -0.25) is 4.79 Å². The molecule has 0 bridgehead atoms. The molecule has 0 spiro atoms. The minimum Gasteiger partial charge on any atom is -0.444 e. The molecule has 1 N–H and O–H groups in total. The quantitative estimate of drug-likeness (QED) is 0.757. The van der Waals surface area contributed by atoms with Crippen LogP contribution in [-0.4, -0.2) is 34.0 Å². The van der Waals surface area contributed by atoms with E-state index in [1.54, 1.807) is 4.90 Å². The molecule has 0 unspecified atom stereocenters. The highest BCUT2D eigenvalue weighted by Gasteiger charge is 2.51. The van der Waals surface area contributed by atoms with E-state index in [1.165, 1.54) is 11.3 Å². The second-order valence-corrected chi connectivity index (χ2v) is 10.1. The number of hydrogen-bond acceptors (Lipinski definition) is 5. The lowest BCUT2D eigenvalue weighted by Crippen LogP contribution is -2.39. The van der Waals surface area contributed by atoms with Crippen LogP contribution in [0.15, 0.2) is 24.3 Å². The van der Waals surface area contributed by atoms with Crippen molar-refractivity contribution in [2.24, 2.45) is 0 Å². The van der Waals surface area contributed by atoms with E-state index in [2.05, 4.69) is 10.3 Å². The number of amides is 2. The lowest BCUT2D eigenvalue weighted by atomic mass is 9.95. The molecule has 2 aliphatic rings. The van der Waals surface area contributed by atoms with Gasteiger partial charge >= 0.3 is 6.09 Å². The molecule has 1 aromatic heterocycles. The van der Waals surface area contributed by atoms with Gasteiger partial charge in [0.1, 0.15) is 5.60 Å². The average Bonchev–Trinajstić information content (AvgIpc) is 3.35. The van der Waals surface area contributed by atoms with Crippen molar-refractivity contribution in [1.82, 2.24) is 9.88 Å². The van der Waals surface area contributed by atoms with Crippen LogP contribution in [0, 0.1) is 0 Å². The summed E-state index contributed by atoms with van der Waals surface area (Å²) in [6.45, 7) is 6.59. The van der Waals surface area contributed by atoms with Gasteiger partial charge in [-0.15, -0.1) is 0 Å². The fraction of sp³-hybridized carbons (Fsp3) is 0.476. The molecule has 1 aromatic carbocycles. The Morgan fingerprint density at radius 3 is 2.55 bits per heavy atom. The van der Waals surface area contributed by atoms with Gasteiger partial charge in [-0.05, 0) is 51.3 Å². The molecule has 1 aliphatic heterocycles. The maximum absolute atomic E-state index is 13.0. The molecule has 0 atom stereocenters. The van der Waals surface area contributed by atoms with Crippen molar-refractivity contribution in [1.29, 1.82) is 0 Å². The molecule has 1 aliphatic carbocycles. The number of anilines is 1. The summed E-state index contributed by atoms with van der Waals surface area (Å²) >= 11 is 7.40. The van der Waals surface area contributed by atoms with Gasteiger partial charge in [0.15, 0.2) is 5.13 Å². The molecule has 2 heterocycles. The van der Waals surface area contributed by atoms with Crippen LogP contribution in [-0.2, 0) is 27.9 Å². The first-order valence-electron chi connectivity index (χ1n) is 9.70. The van der Waals surface area contributed by atoms with Crippen LogP contribution >= 0.6 is 22.9 Å². The number of nitrogens with zero attached hydrogens (tertiary/aromatic N) is 2. The topological polar surface area (TPSA) is 71.5 Å². The lowest BCUT2D eigenvalue weighted by molar-refractivity contribution is -0.118. The smallest absolute Gasteiger partial charge is 0.410 e. The van der Waals surface area contributed by atoms with Gasteiger partial charge in [0.05, 0.1) is 17.7 Å². The first-order chi connectivity index (χ1) is 13.7. The minimum absolute atomic E-state index is 0.0325. The molecule has 154 valence electrons. The SMILES string of the molecule is CC(C)(C)OC(=O)N1CCc2nc(NC(=O)C3(c4ccc(Cl)cc4)CC3)sc2C1. The Morgan fingerprint density at radius 1 is 1.24 bits per heavy atom. The average molecular weight is 434 g/mol. The normalized spacial score (nSPS) is 17.4. The van der Waals surface area contributed by atoms with Crippen LogP contribution in [0.4, 0.5) is 9.93 Å². The standard InChI is InChI=1S/C21H24ClN3O3S/c1-20(2,3)28-19(27)25-11-8-15-16(12-25)29-18(23-15)24-17(26)21(9-10-21)13-4-6-14(22)7-5-13/h4-7H,8-12H2,1-3H3,(H,23,24,26). The summed E-state index contributed by atoms with van der Waals surface area (Å²) in [5.74, 6) is -0.0325. The fourth-order valence-electron chi connectivity index (χ4n) is 3.49. The molecule has 0 saturated heterocycles. The number of benzene rings is 1. The third kappa shape index (κ3) is 4.26. The van der Waals surface area contributed by atoms with Crippen molar-refractivity contribution in [2.45, 2.75) is 57.6 Å². The molecule has 8 heteroatoms. The van der Waals surface area contributed by atoms with Gasteiger partial charge in [0.2, 0.25) is 5.91 Å². The van der Waals surface area contributed by atoms with E-state index < -0.39 is 11.0 Å². The van der Waals surface area contributed by atoms with Crippen LogP contribution in [0.25, 0.3) is 0 Å². The van der Waals surface area contributed by atoms with Crippen molar-refractivity contribution in [3.8, 4) is 0 Å². The van der Waals surface area contributed by atoms with Gasteiger partial charge in [0.25, 0.3) is 0 Å². The maximum Gasteiger partial charge on any atom is 0.410 e. The zero-order valence-electron chi connectivity index (χ0n) is 16.8. The lowest BCUT2D eigenvalue weighted by Gasteiger charge is -2.29. The summed E-state index contributed by atoms with van der Waals surface area (Å²) < 4.78 is 5.47. The van der Waals surface area contributed by atoms with Gasteiger partial charge in [0, 0.05) is 22.9 Å². The van der Waals surface area contributed by atoms with E-state index in [-0.39, 0.29) is 12.0 Å². The third-order valence-electron chi connectivity index (χ3n) is 5.18. The number of rotatable bonds is 3. The summed E-state index contributed by atoms with van der Waals surface area (Å²) in [7, 11) is 0. The van der Waals surface area contributed by atoms with Crippen LogP contribution in [0.5, 0.6) is 0 Å². The number of hydrogen-bond donors (Lipinski definition) is 1. The Hall–Kier alpha value is -2.12. The molecule has 4 rings (SSSR count). The van der Waals surface area contributed by atoms with Crippen molar-refractivity contribution < 1.29 is 14.3 Å². The summed E-state index contributed by atoms with van der Waals surface area (Å²) in [6.07, 6.45) is 1.97. The molecule has 0 radical (unpaired) electrons. The number of aromatic nitrogens is 1. The van der Waals surface area contributed by atoms with Crippen LogP contribution in [0.3, 0.4) is 0 Å². The Morgan fingerprint density at radius 2 is 1.93 bits per heavy atom. The van der Waals surface area contributed by atoms with Crippen LogP contribution in [0.1, 0.15) is 49.7 Å². The van der Waals surface area contributed by atoms with Crippen molar-refractivity contribution in [3.05, 3.63) is 45.4 Å². The van der Waals surface area contributed by atoms with Crippen LogP contribution < -0.4 is 5.32 Å². The molecule has 2 amide bonds. The highest BCUT2D eigenvalue weighted by molar-refractivity contribution is 7.15. The number of carbonyl (C=O) groups excluding carboxylic acids is 2. The van der Waals surface area contributed by atoms with E-state index in [9.17, 15) is 9.59 Å². The van der Waals surface area contributed by atoms with Crippen molar-refractivity contribution >= 4 is 40.1 Å². The van der Waals surface area contributed by atoms with Gasteiger partial charge in [-0.1, -0.05) is 35.1 Å².